The molecule has 0 aliphatic rings. The minimum atomic E-state index is -0.822. The molecule has 0 saturated heterocycles. The zero-order valence-corrected chi connectivity index (χ0v) is 9.29. The van der Waals surface area contributed by atoms with Crippen LogP contribution in [0.4, 0.5) is 10.1 Å². The zero-order valence-electron chi connectivity index (χ0n) is 9.29. The van der Waals surface area contributed by atoms with E-state index in [4.69, 9.17) is 16.2 Å². The number of primary amides is 1. The van der Waals surface area contributed by atoms with E-state index in [9.17, 15) is 9.18 Å². The highest BCUT2D eigenvalue weighted by Crippen LogP contribution is 2.24. The third-order valence-corrected chi connectivity index (χ3v) is 2.28. The first kappa shape index (κ1) is 12.3. The standard InChI is InChI=1S/C11H15FN2O2/c1-3-9(11(14)15)16-10-4-6(2)8(13)5-7(10)12/h4-5,9H,3,13H2,1-2H3,(H2,14,15). The smallest absolute Gasteiger partial charge is 0.258 e. The molecule has 5 heteroatoms. The summed E-state index contributed by atoms with van der Waals surface area (Å²) in [5.41, 5.74) is 11.7. The number of carbonyl (C=O) groups is 1. The normalized spacial score (nSPS) is 12.2. The Bertz CT molecular complexity index is 407. The molecule has 88 valence electrons. The molecule has 4 nitrogen and oxygen atoms in total. The predicted octanol–water partition coefficient (Wildman–Crippen LogP) is 1.36. The van der Waals surface area contributed by atoms with Crippen LogP contribution in [0.5, 0.6) is 5.75 Å². The number of nitrogens with two attached hydrogens (primary N) is 2. The lowest BCUT2D eigenvalue weighted by atomic mass is 10.2. The topological polar surface area (TPSA) is 78.3 Å². The summed E-state index contributed by atoms with van der Waals surface area (Å²) in [5, 5.41) is 0. The molecule has 0 fully saturated rings. The van der Waals surface area contributed by atoms with Gasteiger partial charge in [-0.05, 0) is 25.0 Å². The van der Waals surface area contributed by atoms with Gasteiger partial charge in [0.1, 0.15) is 0 Å². The number of hydrogen-bond donors (Lipinski definition) is 2. The molecule has 0 aromatic heterocycles. The zero-order chi connectivity index (χ0) is 12.3. The van der Waals surface area contributed by atoms with Crippen molar-refractivity contribution in [2.45, 2.75) is 26.4 Å². The van der Waals surface area contributed by atoms with Gasteiger partial charge in [-0.3, -0.25) is 4.79 Å². The molecule has 0 aliphatic carbocycles. The monoisotopic (exact) mass is 226 g/mol. The van der Waals surface area contributed by atoms with E-state index in [0.29, 0.717) is 17.7 Å². The van der Waals surface area contributed by atoms with Crippen molar-refractivity contribution in [2.24, 2.45) is 5.73 Å². The van der Waals surface area contributed by atoms with E-state index in [0.717, 1.165) is 0 Å². The maximum atomic E-state index is 13.4. The van der Waals surface area contributed by atoms with Gasteiger partial charge in [0.15, 0.2) is 17.7 Å². The largest absolute Gasteiger partial charge is 0.478 e. The Hall–Kier alpha value is -1.78. The van der Waals surface area contributed by atoms with Crippen molar-refractivity contribution in [1.82, 2.24) is 0 Å². The Morgan fingerprint density at radius 3 is 2.69 bits per heavy atom. The molecule has 0 aliphatic heterocycles. The Morgan fingerprint density at radius 2 is 2.19 bits per heavy atom. The summed E-state index contributed by atoms with van der Waals surface area (Å²) >= 11 is 0. The van der Waals surface area contributed by atoms with Crippen LogP contribution in [0, 0.1) is 12.7 Å². The van der Waals surface area contributed by atoms with E-state index in [1.807, 2.05) is 0 Å². The third kappa shape index (κ3) is 2.62. The summed E-state index contributed by atoms with van der Waals surface area (Å²) in [6, 6.07) is 2.62. The lowest BCUT2D eigenvalue weighted by Crippen LogP contribution is -2.33. The average molecular weight is 226 g/mol. The highest BCUT2D eigenvalue weighted by atomic mass is 19.1. The molecule has 0 bridgehead atoms. The number of benzene rings is 1. The summed E-state index contributed by atoms with van der Waals surface area (Å²) in [6.07, 6.45) is -0.435. The fraction of sp³-hybridized carbons (Fsp3) is 0.364. The van der Waals surface area contributed by atoms with Crippen LogP contribution in [-0.2, 0) is 4.79 Å². The molecule has 1 amide bonds. The Morgan fingerprint density at radius 1 is 1.56 bits per heavy atom. The van der Waals surface area contributed by atoms with Crippen LogP contribution in [-0.4, -0.2) is 12.0 Å². The average Bonchev–Trinajstić information content (AvgIpc) is 2.21. The number of nitrogen functional groups attached to an aromatic ring is 1. The minimum Gasteiger partial charge on any atom is -0.478 e. The molecule has 4 N–H and O–H groups in total. The molecular formula is C11H15FN2O2. The Balaban J connectivity index is 2.96. The van der Waals surface area contributed by atoms with Crippen LogP contribution in [0.15, 0.2) is 12.1 Å². The van der Waals surface area contributed by atoms with Crippen molar-refractivity contribution < 1.29 is 13.9 Å². The van der Waals surface area contributed by atoms with E-state index in [1.165, 1.54) is 12.1 Å². The number of carbonyl (C=O) groups excluding carboxylic acids is 1. The van der Waals surface area contributed by atoms with Crippen molar-refractivity contribution in [3.63, 3.8) is 0 Å². The molecule has 0 spiro atoms. The van der Waals surface area contributed by atoms with Crippen LogP contribution < -0.4 is 16.2 Å². The number of anilines is 1. The van der Waals surface area contributed by atoms with E-state index >= 15 is 0 Å². The molecule has 1 aromatic rings. The molecule has 0 radical (unpaired) electrons. The lowest BCUT2D eigenvalue weighted by molar-refractivity contribution is -0.124. The van der Waals surface area contributed by atoms with Gasteiger partial charge in [-0.25, -0.2) is 4.39 Å². The molecule has 0 saturated carbocycles. The summed E-state index contributed by atoms with van der Waals surface area (Å²) in [6.45, 7) is 3.46. The van der Waals surface area contributed by atoms with Crippen molar-refractivity contribution in [2.75, 3.05) is 5.73 Å². The number of rotatable bonds is 4. The predicted molar refractivity (Wildman–Crippen MR) is 59.5 cm³/mol. The van der Waals surface area contributed by atoms with Gasteiger partial charge in [0.05, 0.1) is 0 Å². The van der Waals surface area contributed by atoms with Crippen LogP contribution in [0.3, 0.4) is 0 Å². The summed E-state index contributed by atoms with van der Waals surface area (Å²) < 4.78 is 18.6. The van der Waals surface area contributed by atoms with E-state index < -0.39 is 17.8 Å². The fourth-order valence-electron chi connectivity index (χ4n) is 1.26. The maximum Gasteiger partial charge on any atom is 0.258 e. The Kier molecular flexibility index (Phi) is 3.71. The SMILES string of the molecule is CCC(Oc1cc(C)c(N)cc1F)C(N)=O. The van der Waals surface area contributed by atoms with Crippen molar-refractivity contribution >= 4 is 11.6 Å². The van der Waals surface area contributed by atoms with Gasteiger partial charge in [-0.2, -0.15) is 0 Å². The molecule has 1 atom stereocenters. The van der Waals surface area contributed by atoms with Crippen molar-refractivity contribution in [3.8, 4) is 5.75 Å². The maximum absolute atomic E-state index is 13.4. The van der Waals surface area contributed by atoms with Crippen LogP contribution in [0.2, 0.25) is 0 Å². The highest BCUT2D eigenvalue weighted by molar-refractivity contribution is 5.79. The summed E-state index contributed by atoms with van der Waals surface area (Å²) in [4.78, 5) is 10.9. The fourth-order valence-corrected chi connectivity index (χ4v) is 1.26. The lowest BCUT2D eigenvalue weighted by Gasteiger charge is -2.15. The van der Waals surface area contributed by atoms with Gasteiger partial charge >= 0.3 is 0 Å². The second-order valence-electron chi connectivity index (χ2n) is 3.56. The third-order valence-electron chi connectivity index (χ3n) is 2.28. The second kappa shape index (κ2) is 4.83. The number of ether oxygens (including phenoxy) is 1. The molecular weight excluding hydrogens is 211 g/mol. The van der Waals surface area contributed by atoms with Gasteiger partial charge in [-0.1, -0.05) is 6.92 Å². The first-order chi connectivity index (χ1) is 7.45. The van der Waals surface area contributed by atoms with Gasteiger partial charge in [0, 0.05) is 11.8 Å². The number of halogens is 1. The molecule has 16 heavy (non-hydrogen) atoms. The summed E-state index contributed by atoms with van der Waals surface area (Å²) in [7, 11) is 0. The van der Waals surface area contributed by atoms with Crippen LogP contribution >= 0.6 is 0 Å². The molecule has 1 unspecified atom stereocenters. The van der Waals surface area contributed by atoms with Gasteiger partial charge in [0.25, 0.3) is 5.91 Å². The molecule has 1 aromatic carbocycles. The van der Waals surface area contributed by atoms with E-state index in [2.05, 4.69) is 0 Å². The first-order valence-electron chi connectivity index (χ1n) is 4.97. The van der Waals surface area contributed by atoms with Gasteiger partial charge in [0.2, 0.25) is 0 Å². The van der Waals surface area contributed by atoms with Crippen molar-refractivity contribution in [3.05, 3.63) is 23.5 Å². The number of hydrogen-bond acceptors (Lipinski definition) is 3. The quantitative estimate of drug-likeness (QED) is 0.761. The van der Waals surface area contributed by atoms with Crippen molar-refractivity contribution in [1.29, 1.82) is 0 Å². The number of aryl methyl sites for hydroxylation is 1. The second-order valence-corrected chi connectivity index (χ2v) is 3.56. The van der Waals surface area contributed by atoms with E-state index in [-0.39, 0.29) is 5.75 Å². The van der Waals surface area contributed by atoms with Gasteiger partial charge in [-0.15, -0.1) is 0 Å². The molecule has 0 heterocycles. The minimum absolute atomic E-state index is 0.00245. The highest BCUT2D eigenvalue weighted by Gasteiger charge is 2.17. The van der Waals surface area contributed by atoms with E-state index in [1.54, 1.807) is 13.8 Å². The van der Waals surface area contributed by atoms with Gasteiger partial charge < -0.3 is 16.2 Å². The summed E-state index contributed by atoms with van der Waals surface area (Å²) in [5.74, 6) is -1.21. The first-order valence-corrected chi connectivity index (χ1v) is 4.97. The van der Waals surface area contributed by atoms with Crippen LogP contribution in [0.1, 0.15) is 18.9 Å². The van der Waals surface area contributed by atoms with Crippen LogP contribution in [0.25, 0.3) is 0 Å². The Labute approximate surface area is 93.4 Å². The number of amides is 1. The molecule has 1 rings (SSSR count).